The van der Waals surface area contributed by atoms with E-state index in [2.05, 4.69) is 54.8 Å². The van der Waals surface area contributed by atoms with Gasteiger partial charge in [0.25, 0.3) is 0 Å². The lowest BCUT2D eigenvalue weighted by Gasteiger charge is -2.29. The van der Waals surface area contributed by atoms with Gasteiger partial charge in [-0.25, -0.2) is 9.98 Å². The number of aliphatic imine (C=N–C) groups is 1. The predicted molar refractivity (Wildman–Crippen MR) is 115 cm³/mol. The Hall–Kier alpha value is -0.410. The Morgan fingerprint density at radius 3 is 2.75 bits per heavy atom. The summed E-state index contributed by atoms with van der Waals surface area (Å²) in [6.45, 7) is 13.5. The van der Waals surface area contributed by atoms with E-state index < -0.39 is 0 Å². The molecule has 138 valence electrons. The van der Waals surface area contributed by atoms with Crippen LogP contribution in [-0.2, 0) is 6.54 Å². The first-order chi connectivity index (χ1) is 11.0. The number of hydrogen-bond acceptors (Lipinski definition) is 4. The Morgan fingerprint density at radius 2 is 2.17 bits per heavy atom. The van der Waals surface area contributed by atoms with Crippen LogP contribution in [0, 0.1) is 13.8 Å². The Bertz CT molecular complexity index is 531. The summed E-state index contributed by atoms with van der Waals surface area (Å²) >= 11 is 1.75. The number of guanidine groups is 1. The Labute approximate surface area is 168 Å². The molecule has 2 rings (SSSR count). The van der Waals surface area contributed by atoms with Crippen LogP contribution in [0.15, 0.2) is 4.99 Å². The van der Waals surface area contributed by atoms with Gasteiger partial charge < -0.3 is 10.2 Å². The fourth-order valence-corrected chi connectivity index (χ4v) is 4.12. The molecule has 1 saturated heterocycles. The zero-order valence-corrected chi connectivity index (χ0v) is 18.8. The minimum atomic E-state index is 0. The highest BCUT2D eigenvalue weighted by atomic mass is 127. The SMILES string of the molecule is CCNC(=NCc1sc(C)nc1C)N(C)CC1CCCN1CC.I. The van der Waals surface area contributed by atoms with Crippen molar-refractivity contribution in [1.82, 2.24) is 20.1 Å². The van der Waals surface area contributed by atoms with Gasteiger partial charge in [-0.3, -0.25) is 4.90 Å². The molecule has 0 aliphatic carbocycles. The van der Waals surface area contributed by atoms with Gasteiger partial charge in [0.1, 0.15) is 0 Å². The Balaban J connectivity index is 0.00000288. The van der Waals surface area contributed by atoms with Gasteiger partial charge in [-0.2, -0.15) is 0 Å². The van der Waals surface area contributed by atoms with Crippen molar-refractivity contribution in [1.29, 1.82) is 0 Å². The van der Waals surface area contributed by atoms with E-state index in [0.29, 0.717) is 12.6 Å². The third kappa shape index (κ3) is 5.84. The van der Waals surface area contributed by atoms with Crippen LogP contribution >= 0.6 is 35.3 Å². The lowest BCUT2D eigenvalue weighted by Crippen LogP contribution is -2.45. The highest BCUT2D eigenvalue weighted by molar-refractivity contribution is 14.0. The first-order valence-corrected chi connectivity index (χ1v) is 9.53. The van der Waals surface area contributed by atoms with Crippen LogP contribution in [0.25, 0.3) is 0 Å². The zero-order chi connectivity index (χ0) is 16.8. The molecule has 0 spiro atoms. The second kappa shape index (κ2) is 10.6. The van der Waals surface area contributed by atoms with E-state index in [1.165, 1.54) is 24.3 Å². The molecule has 24 heavy (non-hydrogen) atoms. The molecule has 0 amide bonds. The molecule has 0 bridgehead atoms. The summed E-state index contributed by atoms with van der Waals surface area (Å²) in [5, 5.41) is 4.55. The van der Waals surface area contributed by atoms with Crippen LogP contribution in [0.5, 0.6) is 0 Å². The molecular weight excluding hydrogens is 433 g/mol. The summed E-state index contributed by atoms with van der Waals surface area (Å²) in [4.78, 5) is 15.5. The molecule has 1 N–H and O–H groups in total. The summed E-state index contributed by atoms with van der Waals surface area (Å²) in [7, 11) is 2.15. The average molecular weight is 465 g/mol. The standard InChI is InChI=1S/C17H31N5S.HI/c1-6-18-17(19-11-16-13(3)20-14(4)23-16)21(5)12-15-9-8-10-22(15)7-2;/h15H,6-12H2,1-5H3,(H,18,19);1H. The van der Waals surface area contributed by atoms with E-state index in [-0.39, 0.29) is 24.0 Å². The highest BCUT2D eigenvalue weighted by Gasteiger charge is 2.24. The third-order valence-corrected chi connectivity index (χ3v) is 5.52. The van der Waals surface area contributed by atoms with Gasteiger partial charge in [0.2, 0.25) is 0 Å². The van der Waals surface area contributed by atoms with Crippen LogP contribution in [0.4, 0.5) is 0 Å². The fourth-order valence-electron chi connectivity index (χ4n) is 3.26. The molecule has 1 aliphatic rings. The average Bonchev–Trinajstić information content (AvgIpc) is 3.09. The molecule has 1 fully saturated rings. The van der Waals surface area contributed by atoms with Crippen molar-refractivity contribution in [3.05, 3.63) is 15.6 Å². The fraction of sp³-hybridized carbons (Fsp3) is 0.765. The smallest absolute Gasteiger partial charge is 0.194 e. The van der Waals surface area contributed by atoms with Crippen LogP contribution < -0.4 is 5.32 Å². The molecule has 7 heteroatoms. The van der Waals surface area contributed by atoms with E-state index in [0.717, 1.165) is 36.3 Å². The largest absolute Gasteiger partial charge is 0.357 e. The van der Waals surface area contributed by atoms with E-state index in [1.54, 1.807) is 11.3 Å². The zero-order valence-electron chi connectivity index (χ0n) is 15.6. The number of rotatable bonds is 6. The van der Waals surface area contributed by atoms with Crippen molar-refractivity contribution < 1.29 is 0 Å². The summed E-state index contributed by atoms with van der Waals surface area (Å²) < 4.78 is 0. The number of hydrogen-bond donors (Lipinski definition) is 1. The number of nitrogens with zero attached hydrogens (tertiary/aromatic N) is 4. The quantitative estimate of drug-likeness (QED) is 0.398. The van der Waals surface area contributed by atoms with Gasteiger partial charge >= 0.3 is 0 Å². The predicted octanol–water partition coefficient (Wildman–Crippen LogP) is 3.26. The maximum Gasteiger partial charge on any atom is 0.194 e. The summed E-state index contributed by atoms with van der Waals surface area (Å²) in [5.74, 6) is 1.00. The molecule has 1 aliphatic heterocycles. The first-order valence-electron chi connectivity index (χ1n) is 8.71. The van der Waals surface area contributed by atoms with E-state index >= 15 is 0 Å². The van der Waals surface area contributed by atoms with Crippen LogP contribution in [0.1, 0.15) is 42.3 Å². The molecule has 5 nitrogen and oxygen atoms in total. The van der Waals surface area contributed by atoms with Crippen LogP contribution in [-0.4, -0.2) is 60.0 Å². The van der Waals surface area contributed by atoms with Crippen molar-refractivity contribution in [3.63, 3.8) is 0 Å². The highest BCUT2D eigenvalue weighted by Crippen LogP contribution is 2.19. The second-order valence-electron chi connectivity index (χ2n) is 6.22. The summed E-state index contributed by atoms with van der Waals surface area (Å²) in [6, 6.07) is 0.654. The van der Waals surface area contributed by atoms with Gasteiger partial charge in [0, 0.05) is 31.1 Å². The van der Waals surface area contributed by atoms with Gasteiger partial charge in [-0.1, -0.05) is 6.92 Å². The maximum absolute atomic E-state index is 4.83. The molecule has 1 aromatic heterocycles. The molecule has 1 unspecified atom stereocenters. The molecule has 1 atom stereocenters. The minimum absolute atomic E-state index is 0. The number of thiazole rings is 1. The number of halogens is 1. The Kier molecular flexibility index (Phi) is 9.51. The van der Waals surface area contributed by atoms with Gasteiger partial charge in [-0.15, -0.1) is 35.3 Å². The van der Waals surface area contributed by atoms with Gasteiger partial charge in [0.05, 0.1) is 17.2 Å². The molecular formula is C17H32IN5S. The second-order valence-corrected chi connectivity index (χ2v) is 7.50. The monoisotopic (exact) mass is 465 g/mol. The molecule has 0 aromatic carbocycles. The van der Waals surface area contributed by atoms with E-state index in [1.807, 2.05) is 0 Å². The lowest BCUT2D eigenvalue weighted by atomic mass is 10.2. The maximum atomic E-state index is 4.83. The van der Waals surface area contributed by atoms with Gasteiger partial charge in [-0.05, 0) is 46.7 Å². The first kappa shape index (κ1) is 21.6. The third-order valence-electron chi connectivity index (χ3n) is 4.46. The van der Waals surface area contributed by atoms with E-state index in [9.17, 15) is 0 Å². The number of likely N-dealkylation sites (N-methyl/N-ethyl adjacent to an activating group) is 2. The number of aryl methyl sites for hydroxylation is 2. The minimum Gasteiger partial charge on any atom is -0.357 e. The van der Waals surface area contributed by atoms with Crippen LogP contribution in [0.2, 0.25) is 0 Å². The molecule has 2 heterocycles. The summed E-state index contributed by atoms with van der Waals surface area (Å²) in [5.41, 5.74) is 1.11. The molecule has 1 aromatic rings. The Morgan fingerprint density at radius 1 is 1.42 bits per heavy atom. The van der Waals surface area contributed by atoms with E-state index in [4.69, 9.17) is 4.99 Å². The van der Waals surface area contributed by atoms with Crippen molar-refractivity contribution in [2.75, 3.05) is 33.2 Å². The number of nitrogens with one attached hydrogen (secondary N) is 1. The topological polar surface area (TPSA) is 43.8 Å². The molecule has 0 radical (unpaired) electrons. The van der Waals surface area contributed by atoms with Crippen molar-refractivity contribution >= 4 is 41.3 Å². The number of likely N-dealkylation sites (tertiary alicyclic amines) is 1. The normalized spacial score (nSPS) is 18.5. The van der Waals surface area contributed by atoms with Crippen LogP contribution in [0.3, 0.4) is 0 Å². The van der Waals surface area contributed by atoms with Crippen molar-refractivity contribution in [3.8, 4) is 0 Å². The van der Waals surface area contributed by atoms with Gasteiger partial charge in [0.15, 0.2) is 5.96 Å². The van der Waals surface area contributed by atoms with Crippen molar-refractivity contribution in [2.24, 2.45) is 4.99 Å². The molecule has 0 saturated carbocycles. The number of aromatic nitrogens is 1. The lowest BCUT2D eigenvalue weighted by molar-refractivity contribution is 0.232. The van der Waals surface area contributed by atoms with Crippen molar-refractivity contribution in [2.45, 2.75) is 53.1 Å². The summed E-state index contributed by atoms with van der Waals surface area (Å²) in [6.07, 6.45) is 2.62.